The molecular weight excluding hydrogens is 1340 g/mol. The average Bonchev–Trinajstić information content (AvgIpc) is 1.17. The predicted molar refractivity (Wildman–Crippen MR) is 451 cm³/mol. The van der Waals surface area contributed by atoms with E-state index in [4.69, 9.17) is 55.9 Å². The molecule has 0 aliphatic carbocycles. The van der Waals surface area contributed by atoms with E-state index < -0.39 is 28.5 Å². The van der Waals surface area contributed by atoms with Crippen molar-refractivity contribution in [3.8, 4) is 0 Å². The molecular formula is C90H102B6O12. The fourth-order valence-corrected chi connectivity index (χ4v) is 15.7. The van der Waals surface area contributed by atoms with Crippen LogP contribution in [0.2, 0.25) is 0 Å². The van der Waals surface area contributed by atoms with Gasteiger partial charge < -0.3 is 55.9 Å². The van der Waals surface area contributed by atoms with Crippen LogP contribution in [-0.2, 0) is 55.9 Å². The summed E-state index contributed by atoms with van der Waals surface area (Å²) in [5.74, 6) is 0. The molecule has 0 amide bonds. The summed E-state index contributed by atoms with van der Waals surface area (Å²) in [5.41, 5.74) is 1.65. The van der Waals surface area contributed by atoms with E-state index in [0.29, 0.717) is 0 Å². The number of hydrogen-bond acceptors (Lipinski definition) is 12. The van der Waals surface area contributed by atoms with Crippen molar-refractivity contribution in [3.63, 3.8) is 0 Å². The van der Waals surface area contributed by atoms with Crippen molar-refractivity contribution in [2.45, 2.75) is 233 Å². The summed E-state index contributed by atoms with van der Waals surface area (Å²) in [4.78, 5) is 0. The molecule has 12 aromatic carbocycles. The highest BCUT2D eigenvalue weighted by Gasteiger charge is 2.57. The average molecular weight is 1440 g/mol. The first kappa shape index (κ1) is 75.0. The van der Waals surface area contributed by atoms with E-state index in [2.05, 4.69) is 348 Å². The lowest BCUT2D eigenvalue weighted by molar-refractivity contribution is 0.00578. The summed E-state index contributed by atoms with van der Waals surface area (Å²) in [6, 6.07) is 65.3. The minimum Gasteiger partial charge on any atom is -0.399 e. The second-order valence-electron chi connectivity index (χ2n) is 37.0. The minimum atomic E-state index is -0.410. The van der Waals surface area contributed by atoms with Crippen LogP contribution in [0.1, 0.15) is 166 Å². The number of rotatable bonds is 6. The Kier molecular flexibility index (Phi) is 17.5. The van der Waals surface area contributed by atoms with E-state index in [0.717, 1.165) is 32.8 Å². The largest absolute Gasteiger partial charge is 0.494 e. The summed E-state index contributed by atoms with van der Waals surface area (Å²) in [7, 11) is -2.39. The van der Waals surface area contributed by atoms with E-state index in [9.17, 15) is 0 Å². The van der Waals surface area contributed by atoms with Crippen LogP contribution < -0.4 is 32.8 Å². The standard InChI is InChI=1S/3C30H34B2O4/c1-27(2)28(3,4)34-31(33-27)19-13-15-23-21-11-9-10-12-22(21)25-17-20(14-16-24(25)26(23)18-19)32-35-29(5,6)30(7,8)36-32;1-27(2)28(3,4)34-31(33-27)19-13-15-23-24-16-14-20(32-35-29(5,6)30(7,8)36-32)18-26(24)22-12-10-9-11-21(22)25(23)17-19;1-27(2)28(3,4)34-31(33-27)19-13-15-23-21-11-9-10-12-22(21)24-16-14-20(18-26(24)25(23)17-19)32-35-29(5,6)30(7,8)36-32/h3*9-18H,1-8H3. The van der Waals surface area contributed by atoms with Crippen LogP contribution in [0, 0.1) is 0 Å². The maximum atomic E-state index is 6.39. The van der Waals surface area contributed by atoms with Crippen LogP contribution in [0.25, 0.3) is 97.0 Å². The second-order valence-corrected chi connectivity index (χ2v) is 37.0. The van der Waals surface area contributed by atoms with Crippen molar-refractivity contribution in [1.82, 2.24) is 0 Å². The van der Waals surface area contributed by atoms with Gasteiger partial charge in [0.1, 0.15) is 0 Å². The van der Waals surface area contributed by atoms with Crippen LogP contribution in [0.15, 0.2) is 182 Å². The maximum Gasteiger partial charge on any atom is 0.494 e. The summed E-state index contributed by atoms with van der Waals surface area (Å²) in [6.07, 6.45) is 0. The van der Waals surface area contributed by atoms with Gasteiger partial charge in [0.15, 0.2) is 0 Å². The zero-order valence-corrected chi connectivity index (χ0v) is 67.7. The van der Waals surface area contributed by atoms with Gasteiger partial charge in [-0.3, -0.25) is 0 Å². The van der Waals surface area contributed by atoms with Gasteiger partial charge in [0.2, 0.25) is 0 Å². The molecule has 18 rings (SSSR count). The molecule has 0 N–H and O–H groups in total. The Labute approximate surface area is 640 Å². The third-order valence-corrected chi connectivity index (χ3v) is 26.8. The van der Waals surface area contributed by atoms with Gasteiger partial charge in [0, 0.05) is 0 Å². The molecule has 12 aromatic rings. The van der Waals surface area contributed by atoms with Gasteiger partial charge in [-0.2, -0.15) is 0 Å². The zero-order valence-electron chi connectivity index (χ0n) is 67.7. The third kappa shape index (κ3) is 12.3. The molecule has 0 spiro atoms. The van der Waals surface area contributed by atoms with E-state index in [1.165, 1.54) is 97.0 Å². The molecule has 0 saturated carbocycles. The highest BCUT2D eigenvalue weighted by molar-refractivity contribution is 6.65. The van der Waals surface area contributed by atoms with E-state index in [1.807, 2.05) is 0 Å². The fourth-order valence-electron chi connectivity index (χ4n) is 15.7. The molecule has 0 atom stereocenters. The van der Waals surface area contributed by atoms with Crippen LogP contribution in [0.3, 0.4) is 0 Å². The topological polar surface area (TPSA) is 111 Å². The van der Waals surface area contributed by atoms with Crippen molar-refractivity contribution in [3.05, 3.63) is 182 Å². The van der Waals surface area contributed by atoms with Gasteiger partial charge in [0.25, 0.3) is 0 Å². The molecule has 12 nitrogen and oxygen atoms in total. The Hall–Kier alpha value is -7.11. The second kappa shape index (κ2) is 25.2. The molecule has 552 valence electrons. The van der Waals surface area contributed by atoms with Gasteiger partial charge in [0.05, 0.1) is 67.2 Å². The smallest absolute Gasteiger partial charge is 0.399 e. The zero-order chi connectivity index (χ0) is 77.0. The number of hydrogen-bond donors (Lipinski definition) is 0. The van der Waals surface area contributed by atoms with Crippen molar-refractivity contribution in [2.75, 3.05) is 0 Å². The van der Waals surface area contributed by atoms with Crippen LogP contribution in [-0.4, -0.2) is 110 Å². The molecule has 6 saturated heterocycles. The normalized spacial score (nSPS) is 22.2. The Morgan fingerprint density at radius 2 is 0.241 bits per heavy atom. The molecule has 6 heterocycles. The first-order chi connectivity index (χ1) is 50.4. The molecule has 6 fully saturated rings. The van der Waals surface area contributed by atoms with Gasteiger partial charge in [-0.05, 0) is 296 Å². The van der Waals surface area contributed by atoms with Crippen LogP contribution in [0.4, 0.5) is 0 Å². The molecule has 0 bridgehead atoms. The molecule has 0 radical (unpaired) electrons. The highest BCUT2D eigenvalue weighted by atomic mass is 16.7. The molecule has 6 aliphatic rings. The lowest BCUT2D eigenvalue weighted by Crippen LogP contribution is -2.41. The molecule has 6 aliphatic heterocycles. The van der Waals surface area contributed by atoms with Crippen molar-refractivity contribution < 1.29 is 55.9 Å². The van der Waals surface area contributed by atoms with Gasteiger partial charge >= 0.3 is 42.7 Å². The van der Waals surface area contributed by atoms with Crippen molar-refractivity contribution >= 4 is 172 Å². The quantitative estimate of drug-likeness (QED) is 0.117. The van der Waals surface area contributed by atoms with Gasteiger partial charge in [-0.25, -0.2) is 0 Å². The Balaban J connectivity index is 0.000000124. The van der Waals surface area contributed by atoms with E-state index in [1.54, 1.807) is 0 Å². The summed E-state index contributed by atoms with van der Waals surface area (Å²) >= 11 is 0. The Bertz CT molecular complexity index is 5230. The Morgan fingerprint density at radius 3 is 0.380 bits per heavy atom. The molecule has 0 aromatic heterocycles. The first-order valence-electron chi connectivity index (χ1n) is 38.7. The monoisotopic (exact) mass is 1440 g/mol. The Morgan fingerprint density at radius 1 is 0.139 bits per heavy atom. The third-order valence-electron chi connectivity index (χ3n) is 26.8. The lowest BCUT2D eigenvalue weighted by Gasteiger charge is -2.32. The van der Waals surface area contributed by atoms with E-state index in [-0.39, 0.29) is 81.4 Å². The number of fused-ring (bicyclic) bond motifs is 18. The summed E-state index contributed by atoms with van der Waals surface area (Å²) in [6.45, 7) is 50.2. The van der Waals surface area contributed by atoms with Crippen LogP contribution >= 0.6 is 0 Å². The maximum absolute atomic E-state index is 6.39. The first-order valence-corrected chi connectivity index (χ1v) is 38.7. The summed E-state index contributed by atoms with van der Waals surface area (Å²) in [5, 5.41) is 21.8. The van der Waals surface area contributed by atoms with Gasteiger partial charge in [-0.1, -0.05) is 182 Å². The molecule has 108 heavy (non-hydrogen) atoms. The van der Waals surface area contributed by atoms with Crippen LogP contribution in [0.5, 0.6) is 0 Å². The lowest BCUT2D eigenvalue weighted by atomic mass is 9.75. The molecule has 18 heteroatoms. The summed E-state index contributed by atoms with van der Waals surface area (Å²) < 4.78 is 76.4. The highest BCUT2D eigenvalue weighted by Crippen LogP contribution is 2.46. The SMILES string of the molecule is CC1(C)OB(c2ccc3c(c2)c2ccccc2c2ccc(B4OC(C)(C)C(C)(C)O4)cc23)OC1(C)C.CC1(C)OB(c2ccc3c4ccc(B5OC(C)(C)C(C)(C)O5)cc4c4ccccc4c3c2)OC1(C)C.CC1(C)OB(c2ccc3c4ccccc4c4ccc(B5OC(C)(C)C(C)(C)O5)cc4c3c2)OC1(C)C. The minimum absolute atomic E-state index is 0.373. The predicted octanol–water partition coefficient (Wildman–Crippen LogP) is 17.2. The van der Waals surface area contributed by atoms with Crippen molar-refractivity contribution in [2.24, 2.45) is 0 Å². The van der Waals surface area contributed by atoms with Gasteiger partial charge in [-0.15, -0.1) is 0 Å². The molecule has 0 unspecified atom stereocenters. The fraction of sp³-hybridized carbons (Fsp3) is 0.400. The number of benzene rings is 12. The van der Waals surface area contributed by atoms with Crippen molar-refractivity contribution in [1.29, 1.82) is 0 Å². The van der Waals surface area contributed by atoms with E-state index >= 15 is 0 Å².